The van der Waals surface area contributed by atoms with Crippen LogP contribution in [0.5, 0.6) is 0 Å². The van der Waals surface area contributed by atoms with Crippen LogP contribution in [0.2, 0.25) is 0 Å². The Balaban J connectivity index is 1.05. The number of hydrogen-bond donors (Lipinski definition) is 1. The van der Waals surface area contributed by atoms with Crippen molar-refractivity contribution in [3.05, 3.63) is 29.3 Å². The topological polar surface area (TPSA) is 80.8 Å². The maximum absolute atomic E-state index is 12.4. The molecule has 7 nitrogen and oxygen atoms in total. The van der Waals surface area contributed by atoms with E-state index in [9.17, 15) is 9.59 Å². The second kappa shape index (κ2) is 6.70. The zero-order chi connectivity index (χ0) is 19.3. The number of thiazole rings is 1. The summed E-state index contributed by atoms with van der Waals surface area (Å²) in [5.41, 5.74) is 2.94. The summed E-state index contributed by atoms with van der Waals surface area (Å²) < 4.78 is 11.7. The van der Waals surface area contributed by atoms with Crippen LogP contribution in [-0.2, 0) is 9.47 Å². The number of hydrogen-bond acceptors (Lipinski definition) is 6. The molecule has 2 saturated heterocycles. The lowest BCUT2D eigenvalue weighted by Crippen LogP contribution is -2.52. The average molecular weight is 401 g/mol. The van der Waals surface area contributed by atoms with Crippen molar-refractivity contribution in [3.8, 4) is 0 Å². The summed E-state index contributed by atoms with van der Waals surface area (Å²) in [6, 6.07) is 5.60. The van der Waals surface area contributed by atoms with Crippen molar-refractivity contribution >= 4 is 33.6 Å². The maximum Gasteiger partial charge on any atom is 0.410 e. The normalized spacial score (nSPS) is 27.2. The Bertz CT molecular complexity index is 913. The zero-order valence-corrected chi connectivity index (χ0v) is 16.5. The number of piperidine rings is 1. The van der Waals surface area contributed by atoms with Crippen molar-refractivity contribution in [1.29, 1.82) is 0 Å². The van der Waals surface area contributed by atoms with Gasteiger partial charge in [0.1, 0.15) is 0 Å². The van der Waals surface area contributed by atoms with E-state index in [-0.39, 0.29) is 12.0 Å². The lowest BCUT2D eigenvalue weighted by molar-refractivity contribution is -0.171. The highest BCUT2D eigenvalue weighted by molar-refractivity contribution is 7.16. The molecule has 5 rings (SSSR count). The molecule has 28 heavy (non-hydrogen) atoms. The van der Waals surface area contributed by atoms with Gasteiger partial charge in [-0.05, 0) is 49.3 Å². The molecule has 2 atom stereocenters. The summed E-state index contributed by atoms with van der Waals surface area (Å²) in [6.07, 6.45) is 0.738. The molecule has 1 N–H and O–H groups in total. The maximum atomic E-state index is 12.4. The van der Waals surface area contributed by atoms with Gasteiger partial charge in [0.15, 0.2) is 5.60 Å². The number of rotatable bonds is 5. The molecule has 2 unspecified atom stereocenters. The van der Waals surface area contributed by atoms with E-state index in [0.717, 1.165) is 29.7 Å². The van der Waals surface area contributed by atoms with Crippen molar-refractivity contribution in [2.45, 2.75) is 18.9 Å². The summed E-state index contributed by atoms with van der Waals surface area (Å²) >= 11 is 1.54. The molecule has 3 aliphatic rings. The highest BCUT2D eigenvalue weighted by atomic mass is 32.1. The third-order valence-electron chi connectivity index (χ3n) is 6.13. The molecule has 2 aliphatic heterocycles. The lowest BCUT2D eigenvalue weighted by atomic mass is 10.1. The number of nitrogens with one attached hydrogen (secondary N) is 1. The van der Waals surface area contributed by atoms with E-state index in [1.165, 1.54) is 11.3 Å². The van der Waals surface area contributed by atoms with E-state index in [4.69, 9.17) is 9.47 Å². The predicted octanol–water partition coefficient (Wildman–Crippen LogP) is 2.52. The van der Waals surface area contributed by atoms with Crippen LogP contribution in [0.3, 0.4) is 0 Å². The highest BCUT2D eigenvalue weighted by Gasteiger charge is 2.56. The zero-order valence-electron chi connectivity index (χ0n) is 15.7. The molecule has 0 spiro atoms. The summed E-state index contributed by atoms with van der Waals surface area (Å²) in [7, 11) is 0. The second-order valence-corrected chi connectivity index (χ2v) is 9.17. The molecule has 148 valence electrons. The van der Waals surface area contributed by atoms with Gasteiger partial charge in [0.05, 0.1) is 28.9 Å². The number of benzene rings is 1. The molecule has 1 aromatic carbocycles. The summed E-state index contributed by atoms with van der Waals surface area (Å²) in [6.45, 7) is 5.07. The standard InChI is InChI=1S/C20H23N3O4S/c1-20(9-26-10-20)27-19(25)23-7-14-13(15(14)8-23)4-5-21-18(24)12-2-3-16-17(6-12)28-11-22-16/h2-3,6,11,13-15H,4-5,7-10H2,1H3,(H,21,24). The van der Waals surface area contributed by atoms with Crippen LogP contribution >= 0.6 is 11.3 Å². The van der Waals surface area contributed by atoms with Crippen LogP contribution in [-0.4, -0.2) is 60.3 Å². The van der Waals surface area contributed by atoms with Gasteiger partial charge in [-0.3, -0.25) is 4.79 Å². The van der Waals surface area contributed by atoms with Gasteiger partial charge in [-0.1, -0.05) is 0 Å². The van der Waals surface area contributed by atoms with E-state index in [0.29, 0.717) is 43.1 Å². The fourth-order valence-electron chi connectivity index (χ4n) is 4.40. The molecular weight excluding hydrogens is 378 g/mol. The minimum Gasteiger partial charge on any atom is -0.438 e. The van der Waals surface area contributed by atoms with E-state index in [1.807, 2.05) is 30.0 Å². The van der Waals surface area contributed by atoms with Crippen LogP contribution in [0.1, 0.15) is 23.7 Å². The van der Waals surface area contributed by atoms with Gasteiger partial charge in [-0.15, -0.1) is 11.3 Å². The first kappa shape index (κ1) is 17.9. The van der Waals surface area contributed by atoms with Crippen molar-refractivity contribution in [2.24, 2.45) is 17.8 Å². The van der Waals surface area contributed by atoms with E-state index >= 15 is 0 Å². The molecule has 0 bridgehead atoms. The SMILES string of the molecule is CC1(OC(=O)N2CC3C(CCNC(=O)c4ccc5ncsc5c4)C3C2)COC1. The minimum atomic E-state index is -0.449. The lowest BCUT2D eigenvalue weighted by Gasteiger charge is -2.38. The van der Waals surface area contributed by atoms with Crippen LogP contribution in [0.25, 0.3) is 10.2 Å². The Hall–Kier alpha value is -2.19. The van der Waals surface area contributed by atoms with Gasteiger partial charge in [0, 0.05) is 25.2 Å². The number of carbonyl (C=O) groups is 2. The van der Waals surface area contributed by atoms with Gasteiger partial charge in [0.2, 0.25) is 0 Å². The molecular formula is C20H23N3O4S. The van der Waals surface area contributed by atoms with E-state index in [2.05, 4.69) is 10.3 Å². The van der Waals surface area contributed by atoms with Gasteiger partial charge in [-0.2, -0.15) is 0 Å². The van der Waals surface area contributed by atoms with Gasteiger partial charge >= 0.3 is 6.09 Å². The Kier molecular flexibility index (Phi) is 4.28. The van der Waals surface area contributed by atoms with Crippen molar-refractivity contribution in [3.63, 3.8) is 0 Å². The molecule has 3 fully saturated rings. The van der Waals surface area contributed by atoms with Crippen molar-refractivity contribution in [1.82, 2.24) is 15.2 Å². The molecule has 1 saturated carbocycles. The number of ether oxygens (including phenoxy) is 2. The third-order valence-corrected chi connectivity index (χ3v) is 6.93. The number of fused-ring (bicyclic) bond motifs is 2. The van der Waals surface area contributed by atoms with Crippen molar-refractivity contribution < 1.29 is 19.1 Å². The quantitative estimate of drug-likeness (QED) is 0.833. The predicted molar refractivity (Wildman–Crippen MR) is 104 cm³/mol. The monoisotopic (exact) mass is 401 g/mol. The number of likely N-dealkylation sites (tertiary alicyclic amines) is 1. The van der Waals surface area contributed by atoms with E-state index in [1.54, 1.807) is 5.51 Å². The molecule has 2 amide bonds. The van der Waals surface area contributed by atoms with Crippen LogP contribution in [0, 0.1) is 17.8 Å². The minimum absolute atomic E-state index is 0.0396. The Morgan fingerprint density at radius 1 is 1.36 bits per heavy atom. The number of nitrogens with zero attached hydrogens (tertiary/aromatic N) is 2. The average Bonchev–Trinajstić information content (AvgIpc) is 3.06. The first-order chi connectivity index (χ1) is 13.5. The van der Waals surface area contributed by atoms with Gasteiger partial charge < -0.3 is 19.7 Å². The van der Waals surface area contributed by atoms with Crippen LogP contribution in [0.15, 0.2) is 23.7 Å². The summed E-state index contributed by atoms with van der Waals surface area (Å²) in [4.78, 5) is 30.7. The van der Waals surface area contributed by atoms with Crippen LogP contribution < -0.4 is 5.32 Å². The van der Waals surface area contributed by atoms with Gasteiger partial charge in [-0.25, -0.2) is 9.78 Å². The van der Waals surface area contributed by atoms with Crippen LogP contribution in [0.4, 0.5) is 4.79 Å². The third kappa shape index (κ3) is 3.24. The first-order valence-corrected chi connectivity index (χ1v) is 10.6. The molecule has 8 heteroatoms. The van der Waals surface area contributed by atoms with Gasteiger partial charge in [0.25, 0.3) is 5.91 Å². The molecule has 0 radical (unpaired) electrons. The molecule has 1 aromatic heterocycles. The van der Waals surface area contributed by atoms with Crippen molar-refractivity contribution in [2.75, 3.05) is 32.8 Å². The van der Waals surface area contributed by atoms with E-state index < -0.39 is 5.60 Å². The number of amides is 2. The largest absolute Gasteiger partial charge is 0.438 e. The Morgan fingerprint density at radius 3 is 2.86 bits per heavy atom. The highest BCUT2D eigenvalue weighted by Crippen LogP contribution is 2.53. The molecule has 2 aromatic rings. The smallest absolute Gasteiger partial charge is 0.410 e. The number of carbonyl (C=O) groups excluding carboxylic acids is 2. The molecule has 3 heterocycles. The fraction of sp³-hybridized carbons (Fsp3) is 0.550. The Labute approximate surface area is 167 Å². The summed E-state index contributed by atoms with van der Waals surface area (Å²) in [5, 5.41) is 3.02. The number of aromatic nitrogens is 1. The summed E-state index contributed by atoms with van der Waals surface area (Å²) in [5.74, 6) is 1.64. The molecule has 1 aliphatic carbocycles. The second-order valence-electron chi connectivity index (χ2n) is 8.29. The first-order valence-electron chi connectivity index (χ1n) is 9.69. The fourth-order valence-corrected chi connectivity index (χ4v) is 5.12. The Morgan fingerprint density at radius 2 is 2.14 bits per heavy atom.